The molecular formula is C11H10Br2OS2. The summed E-state index contributed by atoms with van der Waals surface area (Å²) < 4.78 is 6.51. The van der Waals surface area contributed by atoms with Crippen molar-refractivity contribution in [1.29, 1.82) is 0 Å². The first-order chi connectivity index (χ1) is 7.63. The highest BCUT2D eigenvalue weighted by molar-refractivity contribution is 9.10. The van der Waals surface area contributed by atoms with Crippen LogP contribution in [-0.2, 0) is 0 Å². The molecular weight excluding hydrogens is 372 g/mol. The summed E-state index contributed by atoms with van der Waals surface area (Å²) in [5.41, 5.74) is 0. The molecule has 0 saturated carbocycles. The fraction of sp³-hybridized carbons (Fsp3) is 0.273. The van der Waals surface area contributed by atoms with Crippen LogP contribution in [0, 0.1) is 6.92 Å². The molecule has 5 heteroatoms. The highest BCUT2D eigenvalue weighted by Gasteiger charge is 2.19. The number of thiophene rings is 2. The van der Waals surface area contributed by atoms with E-state index in [9.17, 15) is 0 Å². The molecule has 0 fully saturated rings. The third-order valence-corrected chi connectivity index (χ3v) is 6.96. The molecule has 0 spiro atoms. The number of halogens is 2. The topological polar surface area (TPSA) is 9.23 Å². The van der Waals surface area contributed by atoms with Gasteiger partial charge in [-0.25, -0.2) is 0 Å². The van der Waals surface area contributed by atoms with Gasteiger partial charge in [0.1, 0.15) is 5.75 Å². The van der Waals surface area contributed by atoms with Crippen molar-refractivity contribution in [2.24, 2.45) is 0 Å². The predicted molar refractivity (Wildman–Crippen MR) is 78.4 cm³/mol. The number of rotatable bonds is 3. The lowest BCUT2D eigenvalue weighted by Crippen LogP contribution is -1.90. The van der Waals surface area contributed by atoms with Crippen LogP contribution in [0.2, 0.25) is 0 Å². The van der Waals surface area contributed by atoms with Gasteiger partial charge in [0, 0.05) is 14.2 Å². The number of aryl methyl sites for hydroxylation is 1. The summed E-state index contributed by atoms with van der Waals surface area (Å²) in [5.74, 6) is 0.953. The molecule has 1 nitrogen and oxygen atoms in total. The van der Waals surface area contributed by atoms with E-state index in [2.05, 4.69) is 50.2 Å². The minimum Gasteiger partial charge on any atom is -0.496 e. The standard InChI is InChI=1S/C11H10Br2OS2/c1-6-7(12)5-9(16-6)10(13)11-8(14-2)3-4-15-11/h3-5,10H,1-2H3. The summed E-state index contributed by atoms with van der Waals surface area (Å²) in [6, 6.07) is 4.17. The zero-order valence-electron chi connectivity index (χ0n) is 8.79. The van der Waals surface area contributed by atoms with Gasteiger partial charge in [-0.1, -0.05) is 15.9 Å². The van der Waals surface area contributed by atoms with Gasteiger partial charge in [-0.2, -0.15) is 0 Å². The summed E-state index contributed by atoms with van der Waals surface area (Å²) in [7, 11) is 1.71. The Bertz CT molecular complexity index is 470. The SMILES string of the molecule is COc1ccsc1C(Br)c1cc(Br)c(C)s1. The first kappa shape index (κ1) is 12.6. The van der Waals surface area contributed by atoms with Crippen LogP contribution in [0.3, 0.4) is 0 Å². The monoisotopic (exact) mass is 380 g/mol. The molecule has 0 bridgehead atoms. The average molecular weight is 382 g/mol. The summed E-state index contributed by atoms with van der Waals surface area (Å²) in [5, 5.41) is 2.05. The molecule has 0 aliphatic heterocycles. The lowest BCUT2D eigenvalue weighted by molar-refractivity contribution is 0.413. The van der Waals surface area contributed by atoms with E-state index in [-0.39, 0.29) is 4.83 Å². The molecule has 0 aromatic carbocycles. The van der Waals surface area contributed by atoms with E-state index in [0.717, 1.165) is 5.75 Å². The van der Waals surface area contributed by atoms with E-state index in [4.69, 9.17) is 4.74 Å². The van der Waals surface area contributed by atoms with Crippen LogP contribution in [0.25, 0.3) is 0 Å². The maximum Gasteiger partial charge on any atom is 0.134 e. The van der Waals surface area contributed by atoms with E-state index in [0.29, 0.717) is 0 Å². The first-order valence-corrected chi connectivity index (χ1v) is 8.05. The van der Waals surface area contributed by atoms with E-state index in [1.807, 2.05) is 6.07 Å². The Morgan fingerprint density at radius 2 is 2.19 bits per heavy atom. The van der Waals surface area contributed by atoms with Crippen LogP contribution in [0.1, 0.15) is 19.5 Å². The van der Waals surface area contributed by atoms with Crippen molar-refractivity contribution in [2.75, 3.05) is 7.11 Å². The fourth-order valence-electron chi connectivity index (χ4n) is 1.40. The number of ether oxygens (including phenoxy) is 1. The molecule has 2 heterocycles. The Hall–Kier alpha value is 0.160. The maximum absolute atomic E-state index is 5.34. The second-order valence-electron chi connectivity index (χ2n) is 3.27. The van der Waals surface area contributed by atoms with Gasteiger partial charge in [0.25, 0.3) is 0 Å². The van der Waals surface area contributed by atoms with Gasteiger partial charge in [-0.15, -0.1) is 22.7 Å². The fourth-order valence-corrected chi connectivity index (χ4v) is 4.84. The molecule has 1 unspecified atom stereocenters. The van der Waals surface area contributed by atoms with Gasteiger partial charge < -0.3 is 4.74 Å². The Kier molecular flexibility index (Phi) is 4.11. The van der Waals surface area contributed by atoms with E-state index in [1.165, 1.54) is 19.1 Å². The van der Waals surface area contributed by atoms with Gasteiger partial charge >= 0.3 is 0 Å². The van der Waals surface area contributed by atoms with Gasteiger partial charge in [-0.05, 0) is 40.4 Å². The van der Waals surface area contributed by atoms with Crippen molar-refractivity contribution >= 4 is 54.5 Å². The van der Waals surface area contributed by atoms with Gasteiger partial charge in [-0.3, -0.25) is 0 Å². The lowest BCUT2D eigenvalue weighted by Gasteiger charge is -2.07. The molecule has 0 amide bonds. The van der Waals surface area contributed by atoms with Gasteiger partial charge in [0.15, 0.2) is 0 Å². The normalized spacial score (nSPS) is 12.8. The van der Waals surface area contributed by atoms with Crippen LogP contribution in [0.15, 0.2) is 22.0 Å². The molecule has 0 N–H and O–H groups in total. The third kappa shape index (κ3) is 2.37. The van der Waals surface area contributed by atoms with E-state index >= 15 is 0 Å². The number of hydrogen-bond donors (Lipinski definition) is 0. The Morgan fingerprint density at radius 1 is 1.44 bits per heavy atom. The summed E-state index contributed by atoms with van der Waals surface area (Å²) >= 11 is 10.8. The zero-order valence-corrected chi connectivity index (χ0v) is 13.6. The molecule has 2 aromatic rings. The molecule has 2 aromatic heterocycles. The molecule has 0 radical (unpaired) electrons. The minimum absolute atomic E-state index is 0.220. The molecule has 0 saturated heterocycles. The smallest absolute Gasteiger partial charge is 0.134 e. The quantitative estimate of drug-likeness (QED) is 0.649. The van der Waals surface area contributed by atoms with Crippen LogP contribution in [0.5, 0.6) is 5.75 Å². The highest BCUT2D eigenvalue weighted by atomic mass is 79.9. The van der Waals surface area contributed by atoms with E-state index < -0.39 is 0 Å². The van der Waals surface area contributed by atoms with Crippen molar-refractivity contribution in [2.45, 2.75) is 11.8 Å². The Morgan fingerprint density at radius 3 is 2.75 bits per heavy atom. The highest BCUT2D eigenvalue weighted by Crippen LogP contribution is 2.44. The Labute approximate surface area is 120 Å². The van der Waals surface area contributed by atoms with E-state index in [1.54, 1.807) is 29.8 Å². The van der Waals surface area contributed by atoms with Crippen LogP contribution in [0.4, 0.5) is 0 Å². The zero-order chi connectivity index (χ0) is 11.7. The van der Waals surface area contributed by atoms with Gasteiger partial charge in [0.05, 0.1) is 16.8 Å². The van der Waals surface area contributed by atoms with Crippen molar-refractivity contribution in [1.82, 2.24) is 0 Å². The number of hydrogen-bond acceptors (Lipinski definition) is 3. The lowest BCUT2D eigenvalue weighted by atomic mass is 10.3. The molecule has 86 valence electrons. The van der Waals surface area contributed by atoms with Crippen molar-refractivity contribution < 1.29 is 4.74 Å². The van der Waals surface area contributed by atoms with Crippen LogP contribution < -0.4 is 4.74 Å². The second-order valence-corrected chi connectivity index (χ2v) is 7.27. The minimum atomic E-state index is 0.220. The summed E-state index contributed by atoms with van der Waals surface area (Å²) in [6.07, 6.45) is 0. The third-order valence-electron chi connectivity index (χ3n) is 2.23. The largest absolute Gasteiger partial charge is 0.496 e. The van der Waals surface area contributed by atoms with Crippen LogP contribution in [-0.4, -0.2) is 7.11 Å². The summed E-state index contributed by atoms with van der Waals surface area (Å²) in [6.45, 7) is 2.11. The first-order valence-electron chi connectivity index (χ1n) is 4.64. The molecule has 1 atom stereocenters. The van der Waals surface area contributed by atoms with Crippen molar-refractivity contribution in [3.63, 3.8) is 0 Å². The summed E-state index contributed by atoms with van der Waals surface area (Å²) in [4.78, 5) is 4.04. The second kappa shape index (κ2) is 5.21. The van der Waals surface area contributed by atoms with Crippen molar-refractivity contribution in [3.8, 4) is 5.75 Å². The maximum atomic E-state index is 5.34. The number of alkyl halides is 1. The van der Waals surface area contributed by atoms with Gasteiger partial charge in [0.2, 0.25) is 0 Å². The average Bonchev–Trinajstić information content (AvgIpc) is 2.85. The molecule has 2 rings (SSSR count). The molecule has 16 heavy (non-hydrogen) atoms. The molecule has 0 aliphatic rings. The predicted octanol–water partition coefficient (Wildman–Crippen LogP) is 5.37. The van der Waals surface area contributed by atoms with Crippen LogP contribution >= 0.6 is 54.5 Å². The Balaban J connectivity index is 2.35. The molecule has 0 aliphatic carbocycles. The number of methoxy groups -OCH3 is 1. The van der Waals surface area contributed by atoms with Crippen molar-refractivity contribution in [3.05, 3.63) is 36.6 Å².